The Bertz CT molecular complexity index is 505. The minimum Gasteiger partial charge on any atom is -0.381 e. The third-order valence-corrected chi connectivity index (χ3v) is 3.09. The molecule has 0 bridgehead atoms. The quantitative estimate of drug-likeness (QED) is 0.899. The predicted octanol–water partition coefficient (Wildman–Crippen LogP) is 3.48. The molecule has 2 aromatic rings. The summed E-state index contributed by atoms with van der Waals surface area (Å²) in [5, 5.41) is 8.35. The van der Waals surface area contributed by atoms with Gasteiger partial charge in [0.1, 0.15) is 0 Å². The Kier molecular flexibility index (Phi) is 3.69. The minimum absolute atomic E-state index is 0.763. The first-order chi connectivity index (χ1) is 8.19. The summed E-state index contributed by atoms with van der Waals surface area (Å²) in [6.07, 6.45) is 3.93. The van der Waals surface area contributed by atoms with E-state index in [9.17, 15) is 0 Å². The molecule has 1 N–H and O–H groups in total. The van der Waals surface area contributed by atoms with E-state index in [4.69, 9.17) is 11.6 Å². The summed E-state index contributed by atoms with van der Waals surface area (Å²) < 4.78 is 1.92. The number of aromatic nitrogens is 2. The van der Waals surface area contributed by atoms with Crippen LogP contribution in [0.1, 0.15) is 18.1 Å². The largest absolute Gasteiger partial charge is 0.381 e. The lowest BCUT2D eigenvalue weighted by Crippen LogP contribution is -1.98. The van der Waals surface area contributed by atoms with Crippen LogP contribution in [-0.4, -0.2) is 9.78 Å². The number of hydrogen-bond donors (Lipinski definition) is 1. The summed E-state index contributed by atoms with van der Waals surface area (Å²) >= 11 is 6.07. The molecule has 0 aliphatic rings. The fourth-order valence-corrected chi connectivity index (χ4v) is 1.76. The van der Waals surface area contributed by atoms with Gasteiger partial charge < -0.3 is 5.32 Å². The smallest absolute Gasteiger partial charge is 0.0539 e. The van der Waals surface area contributed by atoms with Crippen molar-refractivity contribution in [2.45, 2.75) is 26.9 Å². The van der Waals surface area contributed by atoms with E-state index in [1.165, 1.54) is 5.56 Å². The molecule has 3 nitrogen and oxygen atoms in total. The summed E-state index contributed by atoms with van der Waals surface area (Å²) in [6.45, 7) is 5.73. The van der Waals surface area contributed by atoms with E-state index in [2.05, 4.69) is 17.3 Å². The molecule has 0 amide bonds. The predicted molar refractivity (Wildman–Crippen MR) is 71.4 cm³/mol. The topological polar surface area (TPSA) is 29.9 Å². The Morgan fingerprint density at radius 3 is 2.88 bits per heavy atom. The van der Waals surface area contributed by atoms with E-state index in [1.807, 2.05) is 42.2 Å². The molecule has 0 saturated heterocycles. The zero-order chi connectivity index (χ0) is 12.3. The minimum atomic E-state index is 0.763. The molecule has 1 aromatic heterocycles. The lowest BCUT2D eigenvalue weighted by Gasteiger charge is -2.06. The van der Waals surface area contributed by atoms with Crippen LogP contribution in [0.3, 0.4) is 0 Å². The molecule has 0 aliphatic carbocycles. The molecule has 90 valence electrons. The van der Waals surface area contributed by atoms with E-state index >= 15 is 0 Å². The van der Waals surface area contributed by atoms with Gasteiger partial charge in [0.2, 0.25) is 0 Å². The van der Waals surface area contributed by atoms with E-state index in [1.54, 1.807) is 0 Å². The molecule has 2 rings (SSSR count). The average Bonchev–Trinajstić information content (AvgIpc) is 2.79. The Labute approximate surface area is 106 Å². The van der Waals surface area contributed by atoms with Crippen LogP contribution in [0, 0.1) is 6.92 Å². The maximum atomic E-state index is 6.07. The van der Waals surface area contributed by atoms with Crippen molar-refractivity contribution in [2.75, 3.05) is 5.32 Å². The first kappa shape index (κ1) is 12.0. The zero-order valence-corrected chi connectivity index (χ0v) is 10.8. The van der Waals surface area contributed by atoms with Crippen molar-refractivity contribution in [3.8, 4) is 0 Å². The third-order valence-electron chi connectivity index (χ3n) is 2.68. The molecular formula is C13H16ClN3. The van der Waals surface area contributed by atoms with Gasteiger partial charge in [0.25, 0.3) is 0 Å². The van der Waals surface area contributed by atoms with Crippen LogP contribution in [0.2, 0.25) is 5.02 Å². The van der Waals surface area contributed by atoms with Gasteiger partial charge in [0.15, 0.2) is 0 Å². The van der Waals surface area contributed by atoms with Gasteiger partial charge in [-0.25, -0.2) is 0 Å². The lowest BCUT2D eigenvalue weighted by molar-refractivity contribution is 0.659. The summed E-state index contributed by atoms with van der Waals surface area (Å²) in [5.74, 6) is 0. The number of benzene rings is 1. The number of anilines is 1. The second kappa shape index (κ2) is 5.23. The van der Waals surface area contributed by atoms with Crippen molar-refractivity contribution in [1.82, 2.24) is 9.78 Å². The van der Waals surface area contributed by atoms with E-state index in [0.29, 0.717) is 0 Å². The van der Waals surface area contributed by atoms with Gasteiger partial charge in [0.05, 0.1) is 6.20 Å². The molecule has 0 spiro atoms. The maximum absolute atomic E-state index is 6.07. The highest BCUT2D eigenvalue weighted by atomic mass is 35.5. The Morgan fingerprint density at radius 2 is 2.24 bits per heavy atom. The van der Waals surface area contributed by atoms with Crippen LogP contribution in [0.5, 0.6) is 0 Å². The molecular weight excluding hydrogens is 234 g/mol. The fourth-order valence-electron chi connectivity index (χ4n) is 1.58. The molecule has 0 aliphatic heterocycles. The van der Waals surface area contributed by atoms with Crippen LogP contribution in [0.4, 0.5) is 5.69 Å². The van der Waals surface area contributed by atoms with Crippen molar-refractivity contribution >= 4 is 17.3 Å². The molecule has 0 saturated carbocycles. The first-order valence-electron chi connectivity index (χ1n) is 5.70. The molecule has 0 atom stereocenters. The van der Waals surface area contributed by atoms with E-state index in [-0.39, 0.29) is 0 Å². The number of nitrogens with zero attached hydrogens (tertiary/aromatic N) is 2. The highest BCUT2D eigenvalue weighted by Gasteiger charge is 1.99. The number of nitrogens with one attached hydrogen (secondary N) is 1. The average molecular weight is 250 g/mol. The monoisotopic (exact) mass is 249 g/mol. The summed E-state index contributed by atoms with van der Waals surface area (Å²) in [4.78, 5) is 0. The molecule has 0 unspecified atom stereocenters. The highest BCUT2D eigenvalue weighted by Crippen LogP contribution is 2.20. The molecule has 1 heterocycles. The Hall–Kier alpha value is -1.48. The summed E-state index contributed by atoms with van der Waals surface area (Å²) in [5.41, 5.74) is 3.30. The van der Waals surface area contributed by atoms with Crippen LogP contribution in [0.15, 0.2) is 30.6 Å². The second-order valence-corrected chi connectivity index (χ2v) is 4.43. The number of aryl methyl sites for hydroxylation is 2. The van der Waals surface area contributed by atoms with Gasteiger partial charge in [-0.05, 0) is 31.5 Å². The van der Waals surface area contributed by atoms with Crippen LogP contribution in [-0.2, 0) is 13.1 Å². The lowest BCUT2D eigenvalue weighted by atomic mass is 10.2. The van der Waals surface area contributed by atoms with Gasteiger partial charge in [-0.15, -0.1) is 0 Å². The first-order valence-corrected chi connectivity index (χ1v) is 6.08. The van der Waals surface area contributed by atoms with E-state index < -0.39 is 0 Å². The Morgan fingerprint density at radius 1 is 1.41 bits per heavy atom. The molecule has 0 fully saturated rings. The summed E-state index contributed by atoms with van der Waals surface area (Å²) in [6, 6.07) is 5.99. The molecule has 0 radical (unpaired) electrons. The number of hydrogen-bond acceptors (Lipinski definition) is 2. The zero-order valence-electron chi connectivity index (χ0n) is 10.1. The van der Waals surface area contributed by atoms with Gasteiger partial charge in [-0.1, -0.05) is 17.7 Å². The second-order valence-electron chi connectivity index (χ2n) is 4.02. The van der Waals surface area contributed by atoms with Crippen molar-refractivity contribution in [2.24, 2.45) is 0 Å². The van der Waals surface area contributed by atoms with Crippen LogP contribution >= 0.6 is 11.6 Å². The maximum Gasteiger partial charge on any atom is 0.0539 e. The van der Waals surface area contributed by atoms with Crippen LogP contribution < -0.4 is 5.32 Å². The van der Waals surface area contributed by atoms with Crippen molar-refractivity contribution in [1.29, 1.82) is 0 Å². The molecule has 4 heteroatoms. The summed E-state index contributed by atoms with van der Waals surface area (Å²) in [7, 11) is 0. The van der Waals surface area contributed by atoms with Gasteiger partial charge in [0, 0.05) is 35.6 Å². The SMILES string of the molecule is CCn1cc(CNc2ccc(C)c(Cl)c2)cn1. The van der Waals surface area contributed by atoms with Gasteiger partial charge in [-0.2, -0.15) is 5.10 Å². The van der Waals surface area contributed by atoms with E-state index in [0.717, 1.165) is 29.4 Å². The van der Waals surface area contributed by atoms with Crippen molar-refractivity contribution in [3.63, 3.8) is 0 Å². The standard InChI is InChI=1S/C13H16ClN3/c1-3-17-9-11(8-16-17)7-15-12-5-4-10(2)13(14)6-12/h4-6,8-9,15H,3,7H2,1-2H3. The number of halogens is 1. The van der Waals surface area contributed by atoms with Crippen LogP contribution in [0.25, 0.3) is 0 Å². The number of rotatable bonds is 4. The Balaban J connectivity index is 1.99. The third kappa shape index (κ3) is 3.01. The highest BCUT2D eigenvalue weighted by molar-refractivity contribution is 6.31. The van der Waals surface area contributed by atoms with Crippen molar-refractivity contribution < 1.29 is 0 Å². The normalized spacial score (nSPS) is 10.5. The fraction of sp³-hybridized carbons (Fsp3) is 0.308. The van der Waals surface area contributed by atoms with Gasteiger partial charge in [-0.3, -0.25) is 4.68 Å². The van der Waals surface area contributed by atoms with Crippen molar-refractivity contribution in [3.05, 3.63) is 46.7 Å². The molecule has 17 heavy (non-hydrogen) atoms. The molecule has 1 aromatic carbocycles. The van der Waals surface area contributed by atoms with Gasteiger partial charge >= 0.3 is 0 Å².